The van der Waals surface area contributed by atoms with Gasteiger partial charge in [-0.3, -0.25) is 4.79 Å². The Kier molecular flexibility index (Phi) is 1.69. The molecule has 0 bridgehead atoms. The number of aliphatic carboxylic acids is 1. The fourth-order valence-corrected chi connectivity index (χ4v) is 3.00. The summed E-state index contributed by atoms with van der Waals surface area (Å²) in [5.41, 5.74) is 0.359. The van der Waals surface area contributed by atoms with Crippen molar-refractivity contribution < 1.29 is 14.4 Å². The second-order valence-electron chi connectivity index (χ2n) is 4.96. The molecule has 1 heterocycles. The van der Waals surface area contributed by atoms with Gasteiger partial charge in [-0.05, 0) is 37.5 Å². The van der Waals surface area contributed by atoms with Gasteiger partial charge in [0.05, 0.1) is 11.6 Å². The molecule has 3 rings (SSSR count). The number of rotatable bonds is 3. The van der Waals surface area contributed by atoms with Crippen LogP contribution in [0.2, 0.25) is 0 Å². The number of carboxylic acid groups (broad SMARTS) is 1. The van der Waals surface area contributed by atoms with Crippen molar-refractivity contribution in [3.8, 4) is 0 Å². The molecule has 2 atom stereocenters. The molecule has 0 saturated heterocycles. The Balaban J connectivity index is 1.82. The highest BCUT2D eigenvalue weighted by Gasteiger charge is 2.57. The Labute approximate surface area is 87.3 Å². The smallest absolute Gasteiger partial charge is 0.309 e. The molecule has 80 valence electrons. The van der Waals surface area contributed by atoms with Crippen LogP contribution < -0.4 is 0 Å². The molecule has 2 fully saturated rings. The first kappa shape index (κ1) is 8.95. The third-order valence-electron chi connectivity index (χ3n) is 3.85. The molecule has 4 heteroatoms. The number of hydrogen-bond donors (Lipinski definition) is 1. The fourth-order valence-electron chi connectivity index (χ4n) is 3.00. The van der Waals surface area contributed by atoms with Gasteiger partial charge in [0, 0.05) is 5.56 Å². The van der Waals surface area contributed by atoms with E-state index in [2.05, 4.69) is 5.16 Å². The van der Waals surface area contributed by atoms with Crippen molar-refractivity contribution in [2.24, 2.45) is 17.3 Å². The molecule has 0 aromatic carbocycles. The highest BCUT2D eigenvalue weighted by molar-refractivity contribution is 5.76. The summed E-state index contributed by atoms with van der Waals surface area (Å²) in [6.07, 6.45) is 6.64. The SMILES string of the molecule is O=C(O)C1(Cc2cnoc2)CC2CC2C1. The van der Waals surface area contributed by atoms with Crippen LogP contribution in [-0.4, -0.2) is 16.2 Å². The van der Waals surface area contributed by atoms with Crippen LogP contribution in [0.1, 0.15) is 24.8 Å². The van der Waals surface area contributed by atoms with E-state index in [1.807, 2.05) is 0 Å². The molecule has 0 radical (unpaired) electrons. The number of carboxylic acids is 1. The molecule has 0 aliphatic heterocycles. The van der Waals surface area contributed by atoms with Crippen LogP contribution in [0.4, 0.5) is 0 Å². The lowest BCUT2D eigenvalue weighted by Crippen LogP contribution is -2.31. The lowest BCUT2D eigenvalue weighted by Gasteiger charge is -2.24. The molecular formula is C11H13NO3. The van der Waals surface area contributed by atoms with Gasteiger partial charge in [0.15, 0.2) is 0 Å². The second kappa shape index (κ2) is 2.84. The van der Waals surface area contributed by atoms with Crippen LogP contribution in [-0.2, 0) is 11.2 Å². The van der Waals surface area contributed by atoms with Crippen molar-refractivity contribution in [2.45, 2.75) is 25.7 Å². The first-order valence-electron chi connectivity index (χ1n) is 5.31. The summed E-state index contributed by atoms with van der Waals surface area (Å²) < 4.78 is 4.74. The molecule has 2 aliphatic carbocycles. The van der Waals surface area contributed by atoms with E-state index in [9.17, 15) is 9.90 Å². The zero-order valence-corrected chi connectivity index (χ0v) is 8.35. The maximum absolute atomic E-state index is 11.4. The summed E-state index contributed by atoms with van der Waals surface area (Å²) in [5.74, 6) is 0.679. The monoisotopic (exact) mass is 207 g/mol. The fraction of sp³-hybridized carbons (Fsp3) is 0.636. The van der Waals surface area contributed by atoms with E-state index >= 15 is 0 Å². The van der Waals surface area contributed by atoms with Crippen LogP contribution in [0, 0.1) is 17.3 Å². The van der Waals surface area contributed by atoms with Crippen molar-refractivity contribution in [3.63, 3.8) is 0 Å². The molecule has 1 N–H and O–H groups in total. The molecule has 0 amide bonds. The van der Waals surface area contributed by atoms with Crippen molar-refractivity contribution in [1.82, 2.24) is 5.16 Å². The quantitative estimate of drug-likeness (QED) is 0.819. The van der Waals surface area contributed by atoms with E-state index in [0.717, 1.165) is 18.4 Å². The maximum Gasteiger partial charge on any atom is 0.309 e. The zero-order chi connectivity index (χ0) is 10.5. The first-order chi connectivity index (χ1) is 7.20. The van der Waals surface area contributed by atoms with Gasteiger partial charge in [0.1, 0.15) is 6.26 Å². The number of nitrogens with zero attached hydrogens (tertiary/aromatic N) is 1. The van der Waals surface area contributed by atoms with E-state index in [-0.39, 0.29) is 0 Å². The Morgan fingerprint density at radius 1 is 1.60 bits per heavy atom. The minimum Gasteiger partial charge on any atom is -0.481 e. The van der Waals surface area contributed by atoms with Gasteiger partial charge in [-0.25, -0.2) is 0 Å². The molecule has 1 aromatic rings. The number of hydrogen-bond acceptors (Lipinski definition) is 3. The zero-order valence-electron chi connectivity index (χ0n) is 8.35. The largest absolute Gasteiger partial charge is 0.481 e. The standard InChI is InChI=1S/C11H13NO3/c13-10(14)11(2-7-5-12-15-6-7)3-8-1-9(8)4-11/h5-6,8-9H,1-4H2,(H,13,14). The summed E-state index contributed by atoms with van der Waals surface area (Å²) in [4.78, 5) is 11.4. The first-order valence-corrected chi connectivity index (χ1v) is 5.31. The summed E-state index contributed by atoms with van der Waals surface area (Å²) in [6.45, 7) is 0. The molecule has 2 saturated carbocycles. The van der Waals surface area contributed by atoms with E-state index < -0.39 is 11.4 Å². The van der Waals surface area contributed by atoms with E-state index in [1.54, 1.807) is 12.5 Å². The Bertz CT molecular complexity index is 375. The van der Waals surface area contributed by atoms with Gasteiger partial charge in [0.25, 0.3) is 0 Å². The average molecular weight is 207 g/mol. The molecule has 15 heavy (non-hydrogen) atoms. The normalized spacial score (nSPS) is 37.6. The topological polar surface area (TPSA) is 63.3 Å². The van der Waals surface area contributed by atoms with Crippen LogP contribution in [0.25, 0.3) is 0 Å². The Morgan fingerprint density at radius 2 is 2.33 bits per heavy atom. The Morgan fingerprint density at radius 3 is 2.87 bits per heavy atom. The van der Waals surface area contributed by atoms with E-state index in [0.29, 0.717) is 18.3 Å². The van der Waals surface area contributed by atoms with Crippen molar-refractivity contribution in [2.75, 3.05) is 0 Å². The second-order valence-corrected chi connectivity index (χ2v) is 4.96. The van der Waals surface area contributed by atoms with Gasteiger partial charge in [-0.1, -0.05) is 5.16 Å². The maximum atomic E-state index is 11.4. The van der Waals surface area contributed by atoms with Gasteiger partial charge >= 0.3 is 5.97 Å². The van der Waals surface area contributed by atoms with E-state index in [1.165, 1.54) is 6.42 Å². The lowest BCUT2D eigenvalue weighted by molar-refractivity contribution is -0.149. The van der Waals surface area contributed by atoms with Gasteiger partial charge in [-0.15, -0.1) is 0 Å². The molecule has 2 unspecified atom stereocenters. The molecule has 4 nitrogen and oxygen atoms in total. The Hall–Kier alpha value is -1.32. The highest BCUT2D eigenvalue weighted by Crippen LogP contribution is 2.60. The number of aromatic nitrogens is 1. The molecule has 2 aliphatic rings. The summed E-state index contributed by atoms with van der Waals surface area (Å²) in [7, 11) is 0. The van der Waals surface area contributed by atoms with Crippen molar-refractivity contribution in [1.29, 1.82) is 0 Å². The van der Waals surface area contributed by atoms with Gasteiger partial charge in [0.2, 0.25) is 0 Å². The van der Waals surface area contributed by atoms with Gasteiger partial charge < -0.3 is 9.63 Å². The summed E-state index contributed by atoms with van der Waals surface area (Å²) in [6, 6.07) is 0. The van der Waals surface area contributed by atoms with Crippen LogP contribution in [0.5, 0.6) is 0 Å². The third-order valence-corrected chi connectivity index (χ3v) is 3.85. The van der Waals surface area contributed by atoms with Crippen LogP contribution >= 0.6 is 0 Å². The predicted molar refractivity (Wildman–Crippen MR) is 51.1 cm³/mol. The summed E-state index contributed by atoms with van der Waals surface area (Å²) in [5, 5.41) is 13.0. The highest BCUT2D eigenvalue weighted by atomic mass is 16.5. The van der Waals surface area contributed by atoms with E-state index in [4.69, 9.17) is 4.52 Å². The minimum atomic E-state index is -0.657. The van der Waals surface area contributed by atoms with Crippen molar-refractivity contribution in [3.05, 3.63) is 18.0 Å². The molecule has 0 spiro atoms. The number of fused-ring (bicyclic) bond motifs is 1. The van der Waals surface area contributed by atoms with Crippen LogP contribution in [0.15, 0.2) is 17.0 Å². The summed E-state index contributed by atoms with van der Waals surface area (Å²) >= 11 is 0. The molecule has 1 aromatic heterocycles. The lowest BCUT2D eigenvalue weighted by atomic mass is 9.78. The van der Waals surface area contributed by atoms with Crippen molar-refractivity contribution >= 4 is 5.97 Å². The third kappa shape index (κ3) is 1.35. The van der Waals surface area contributed by atoms with Crippen LogP contribution in [0.3, 0.4) is 0 Å². The molecular weight excluding hydrogens is 194 g/mol. The predicted octanol–water partition coefficient (Wildman–Crippen LogP) is 1.72. The number of carbonyl (C=O) groups is 1. The minimum absolute atomic E-state index is 0.543. The van der Waals surface area contributed by atoms with Gasteiger partial charge in [-0.2, -0.15) is 0 Å². The average Bonchev–Trinajstić information content (AvgIpc) is 2.68.